The van der Waals surface area contributed by atoms with Gasteiger partial charge in [0.2, 0.25) is 5.91 Å². The van der Waals surface area contributed by atoms with Gasteiger partial charge in [0.25, 0.3) is 0 Å². The molecule has 1 fully saturated rings. The molecule has 1 aromatic heterocycles. The number of aryl methyl sites for hydroxylation is 3. The minimum absolute atomic E-state index is 0.260. The molecule has 1 saturated heterocycles. The van der Waals surface area contributed by atoms with Crippen molar-refractivity contribution >= 4 is 5.91 Å². The SMILES string of the molecule is Cn1cnnc1CCC(=O)N1CCCCC1CCc1ccccc1. The quantitative estimate of drug-likeness (QED) is 0.820. The van der Waals surface area contributed by atoms with Gasteiger partial charge < -0.3 is 9.47 Å². The summed E-state index contributed by atoms with van der Waals surface area (Å²) < 4.78 is 1.89. The van der Waals surface area contributed by atoms with Crippen molar-refractivity contribution in [3.63, 3.8) is 0 Å². The van der Waals surface area contributed by atoms with Gasteiger partial charge >= 0.3 is 0 Å². The molecule has 5 nitrogen and oxygen atoms in total. The molecule has 1 unspecified atom stereocenters. The number of carbonyl (C=O) groups excluding carboxylic acids is 1. The maximum Gasteiger partial charge on any atom is 0.223 e. The summed E-state index contributed by atoms with van der Waals surface area (Å²) in [5, 5.41) is 7.95. The fourth-order valence-electron chi connectivity index (χ4n) is 3.50. The average molecular weight is 326 g/mol. The summed E-state index contributed by atoms with van der Waals surface area (Å²) >= 11 is 0. The first-order valence-corrected chi connectivity index (χ1v) is 8.90. The molecule has 3 rings (SSSR count). The third kappa shape index (κ3) is 4.22. The summed E-state index contributed by atoms with van der Waals surface area (Å²) in [6.45, 7) is 0.900. The molecule has 0 N–H and O–H groups in total. The lowest BCUT2D eigenvalue weighted by Gasteiger charge is -2.36. The Labute approximate surface area is 143 Å². The lowest BCUT2D eigenvalue weighted by molar-refractivity contribution is -0.135. The molecule has 128 valence electrons. The van der Waals surface area contributed by atoms with Crippen molar-refractivity contribution in [1.82, 2.24) is 19.7 Å². The van der Waals surface area contributed by atoms with Gasteiger partial charge in [-0.05, 0) is 37.7 Å². The number of piperidine rings is 1. The van der Waals surface area contributed by atoms with Gasteiger partial charge in [-0.3, -0.25) is 4.79 Å². The van der Waals surface area contributed by atoms with E-state index in [0.717, 1.165) is 38.1 Å². The van der Waals surface area contributed by atoms with Gasteiger partial charge in [0, 0.05) is 32.5 Å². The third-order valence-electron chi connectivity index (χ3n) is 4.92. The van der Waals surface area contributed by atoms with Crippen LogP contribution in [0.25, 0.3) is 0 Å². The minimum Gasteiger partial charge on any atom is -0.340 e. The lowest BCUT2D eigenvalue weighted by Crippen LogP contribution is -2.44. The topological polar surface area (TPSA) is 51.0 Å². The van der Waals surface area contributed by atoms with Gasteiger partial charge in [0.05, 0.1) is 0 Å². The lowest BCUT2D eigenvalue weighted by atomic mass is 9.95. The highest BCUT2D eigenvalue weighted by molar-refractivity contribution is 5.76. The van der Waals surface area contributed by atoms with Crippen molar-refractivity contribution in [2.45, 2.75) is 51.0 Å². The number of hydrogen-bond acceptors (Lipinski definition) is 3. The first-order valence-electron chi connectivity index (χ1n) is 8.90. The Balaban J connectivity index is 1.55. The third-order valence-corrected chi connectivity index (χ3v) is 4.92. The molecule has 0 saturated carbocycles. The molecule has 0 bridgehead atoms. The Bertz CT molecular complexity index is 652. The van der Waals surface area contributed by atoms with Crippen molar-refractivity contribution in [2.24, 2.45) is 7.05 Å². The van der Waals surface area contributed by atoms with E-state index in [1.165, 1.54) is 12.0 Å². The zero-order valence-electron chi connectivity index (χ0n) is 14.4. The number of amides is 1. The van der Waals surface area contributed by atoms with Crippen LogP contribution in [0.2, 0.25) is 0 Å². The van der Waals surface area contributed by atoms with E-state index in [1.54, 1.807) is 6.33 Å². The highest BCUT2D eigenvalue weighted by Gasteiger charge is 2.26. The fourth-order valence-corrected chi connectivity index (χ4v) is 3.50. The van der Waals surface area contributed by atoms with Gasteiger partial charge in [0.1, 0.15) is 12.2 Å². The van der Waals surface area contributed by atoms with E-state index >= 15 is 0 Å². The van der Waals surface area contributed by atoms with E-state index in [0.29, 0.717) is 18.9 Å². The summed E-state index contributed by atoms with van der Waals surface area (Å²) in [5.74, 6) is 1.14. The van der Waals surface area contributed by atoms with E-state index in [4.69, 9.17) is 0 Å². The van der Waals surface area contributed by atoms with Crippen molar-refractivity contribution in [3.05, 3.63) is 48.0 Å². The first-order chi connectivity index (χ1) is 11.7. The van der Waals surface area contributed by atoms with Crippen molar-refractivity contribution in [3.8, 4) is 0 Å². The van der Waals surface area contributed by atoms with Crippen LogP contribution in [-0.4, -0.2) is 38.2 Å². The number of benzene rings is 1. The highest BCUT2D eigenvalue weighted by atomic mass is 16.2. The predicted octanol–water partition coefficient (Wildman–Crippen LogP) is 2.76. The van der Waals surface area contributed by atoms with Crippen molar-refractivity contribution < 1.29 is 4.79 Å². The molecule has 0 radical (unpaired) electrons. The summed E-state index contributed by atoms with van der Waals surface area (Å²) in [6.07, 6.45) is 8.44. The van der Waals surface area contributed by atoms with Gasteiger partial charge in [0.15, 0.2) is 0 Å². The molecule has 2 heterocycles. The van der Waals surface area contributed by atoms with Crippen molar-refractivity contribution in [1.29, 1.82) is 0 Å². The summed E-state index contributed by atoms with van der Waals surface area (Å²) in [7, 11) is 1.92. The summed E-state index contributed by atoms with van der Waals surface area (Å²) in [6, 6.07) is 10.9. The average Bonchev–Trinajstić information content (AvgIpc) is 3.04. The van der Waals surface area contributed by atoms with Crippen LogP contribution in [0, 0.1) is 0 Å². The molecule has 5 heteroatoms. The van der Waals surface area contributed by atoms with E-state index in [9.17, 15) is 4.79 Å². The Morgan fingerprint density at radius 2 is 2.04 bits per heavy atom. The zero-order valence-corrected chi connectivity index (χ0v) is 14.4. The molecule has 1 aromatic carbocycles. The van der Waals surface area contributed by atoms with Gasteiger partial charge in [-0.2, -0.15) is 0 Å². The standard InChI is InChI=1S/C19H26N4O/c1-22-15-20-21-18(22)12-13-19(24)23-14-6-5-9-17(23)11-10-16-7-3-2-4-8-16/h2-4,7-8,15,17H,5-6,9-14H2,1H3. The number of hydrogen-bond donors (Lipinski definition) is 0. The Morgan fingerprint density at radius 3 is 2.79 bits per heavy atom. The molecular formula is C19H26N4O. The zero-order chi connectivity index (χ0) is 16.8. The molecule has 1 aliphatic heterocycles. The van der Waals surface area contributed by atoms with Gasteiger partial charge in [-0.15, -0.1) is 10.2 Å². The smallest absolute Gasteiger partial charge is 0.223 e. The molecule has 1 atom stereocenters. The van der Waals surface area contributed by atoms with E-state index in [2.05, 4.69) is 39.4 Å². The normalized spacial score (nSPS) is 17.9. The number of carbonyl (C=O) groups is 1. The molecule has 2 aromatic rings. The van der Waals surface area contributed by atoms with Gasteiger partial charge in [-0.1, -0.05) is 30.3 Å². The molecule has 24 heavy (non-hydrogen) atoms. The fraction of sp³-hybridized carbons (Fsp3) is 0.526. The minimum atomic E-state index is 0.260. The maximum atomic E-state index is 12.7. The first kappa shape index (κ1) is 16.7. The van der Waals surface area contributed by atoms with Crippen LogP contribution >= 0.6 is 0 Å². The van der Waals surface area contributed by atoms with Crippen LogP contribution in [0.3, 0.4) is 0 Å². The number of aromatic nitrogens is 3. The molecular weight excluding hydrogens is 300 g/mol. The largest absolute Gasteiger partial charge is 0.340 e. The van der Waals surface area contributed by atoms with Crippen LogP contribution in [0.4, 0.5) is 0 Å². The summed E-state index contributed by atoms with van der Waals surface area (Å²) in [4.78, 5) is 14.8. The number of rotatable bonds is 6. The Hall–Kier alpha value is -2.17. The maximum absolute atomic E-state index is 12.7. The number of likely N-dealkylation sites (tertiary alicyclic amines) is 1. The van der Waals surface area contributed by atoms with Gasteiger partial charge in [-0.25, -0.2) is 0 Å². The second kappa shape index (κ2) is 8.08. The van der Waals surface area contributed by atoms with Crippen LogP contribution in [-0.2, 0) is 24.7 Å². The van der Waals surface area contributed by atoms with Crippen LogP contribution in [0.15, 0.2) is 36.7 Å². The molecule has 1 aliphatic rings. The van der Waals surface area contributed by atoms with Crippen LogP contribution in [0.1, 0.15) is 43.5 Å². The highest BCUT2D eigenvalue weighted by Crippen LogP contribution is 2.22. The van der Waals surface area contributed by atoms with Crippen LogP contribution < -0.4 is 0 Å². The second-order valence-corrected chi connectivity index (χ2v) is 6.62. The Morgan fingerprint density at radius 1 is 1.21 bits per heavy atom. The second-order valence-electron chi connectivity index (χ2n) is 6.62. The van der Waals surface area contributed by atoms with E-state index in [-0.39, 0.29) is 5.91 Å². The molecule has 0 spiro atoms. The number of nitrogens with zero attached hydrogens (tertiary/aromatic N) is 4. The molecule has 0 aliphatic carbocycles. The predicted molar refractivity (Wildman–Crippen MR) is 93.4 cm³/mol. The van der Waals surface area contributed by atoms with Crippen molar-refractivity contribution in [2.75, 3.05) is 6.54 Å². The van der Waals surface area contributed by atoms with E-state index in [1.807, 2.05) is 17.7 Å². The monoisotopic (exact) mass is 326 g/mol. The summed E-state index contributed by atoms with van der Waals surface area (Å²) in [5.41, 5.74) is 1.36. The van der Waals surface area contributed by atoms with E-state index < -0.39 is 0 Å². The Kier molecular flexibility index (Phi) is 5.62. The molecule has 1 amide bonds. The van der Waals surface area contributed by atoms with Crippen LogP contribution in [0.5, 0.6) is 0 Å².